The van der Waals surface area contributed by atoms with Crippen molar-refractivity contribution in [1.82, 2.24) is 19.7 Å². The quantitative estimate of drug-likeness (QED) is 0.389. The maximum absolute atomic E-state index is 13.7. The van der Waals surface area contributed by atoms with Crippen molar-refractivity contribution >= 4 is 40.2 Å². The Morgan fingerprint density at radius 3 is 2.71 bits per heavy atom. The van der Waals surface area contributed by atoms with Gasteiger partial charge in [-0.05, 0) is 37.8 Å². The molecule has 7 rings (SSSR count). The zero-order chi connectivity index (χ0) is 26.1. The van der Waals surface area contributed by atoms with E-state index in [-0.39, 0.29) is 18.4 Å². The lowest BCUT2D eigenvalue weighted by Crippen LogP contribution is -2.54. The van der Waals surface area contributed by atoms with Gasteiger partial charge in [0.15, 0.2) is 17.2 Å². The van der Waals surface area contributed by atoms with E-state index in [0.717, 1.165) is 35.4 Å². The van der Waals surface area contributed by atoms with Crippen LogP contribution in [0.1, 0.15) is 51.8 Å². The van der Waals surface area contributed by atoms with Crippen LogP contribution in [0.3, 0.4) is 0 Å². The molecule has 2 aromatic carbocycles. The fourth-order valence-electron chi connectivity index (χ4n) is 5.44. The summed E-state index contributed by atoms with van der Waals surface area (Å²) in [7, 11) is 1.71. The fourth-order valence-corrected chi connectivity index (χ4v) is 5.72. The van der Waals surface area contributed by atoms with E-state index in [4.69, 9.17) is 20.8 Å². The number of oxazole rings is 1. The summed E-state index contributed by atoms with van der Waals surface area (Å²) in [6.45, 7) is 2.76. The molecular formula is C28H26ClN5O4. The van der Waals surface area contributed by atoms with Crippen molar-refractivity contribution in [2.75, 3.05) is 25.1 Å². The van der Waals surface area contributed by atoms with Crippen molar-refractivity contribution in [3.63, 3.8) is 0 Å². The maximum atomic E-state index is 13.7. The van der Waals surface area contributed by atoms with E-state index in [1.165, 1.54) is 0 Å². The molecule has 1 atom stereocenters. The van der Waals surface area contributed by atoms with Gasteiger partial charge in [0.1, 0.15) is 29.1 Å². The Kier molecular flexibility index (Phi) is 5.26. The highest BCUT2D eigenvalue weighted by atomic mass is 35.5. The minimum Gasteiger partial charge on any atom is -0.488 e. The van der Waals surface area contributed by atoms with E-state index in [1.807, 2.05) is 43.3 Å². The maximum Gasteiger partial charge on any atom is 0.275 e. The Balaban J connectivity index is 1.18. The van der Waals surface area contributed by atoms with Crippen LogP contribution in [0, 0.1) is 6.92 Å². The molecule has 194 valence electrons. The van der Waals surface area contributed by atoms with Gasteiger partial charge in [-0.1, -0.05) is 41.9 Å². The number of likely N-dealkylation sites (N-methyl/N-ethyl adjacent to an activating group) is 1. The van der Waals surface area contributed by atoms with E-state index >= 15 is 0 Å². The van der Waals surface area contributed by atoms with Crippen LogP contribution in [0.15, 0.2) is 40.8 Å². The smallest absolute Gasteiger partial charge is 0.275 e. The zero-order valence-corrected chi connectivity index (χ0v) is 21.9. The number of aromatic nitrogens is 3. The largest absolute Gasteiger partial charge is 0.488 e. The van der Waals surface area contributed by atoms with Gasteiger partial charge < -0.3 is 19.0 Å². The predicted molar refractivity (Wildman–Crippen MR) is 141 cm³/mol. The van der Waals surface area contributed by atoms with E-state index in [9.17, 15) is 9.59 Å². The van der Waals surface area contributed by atoms with Crippen molar-refractivity contribution < 1.29 is 18.7 Å². The van der Waals surface area contributed by atoms with E-state index < -0.39 is 6.04 Å². The minimum atomic E-state index is -0.799. The Labute approximate surface area is 223 Å². The highest BCUT2D eigenvalue weighted by Gasteiger charge is 2.41. The van der Waals surface area contributed by atoms with Gasteiger partial charge in [-0.25, -0.2) is 9.67 Å². The number of ether oxygens (including phenoxy) is 1. The summed E-state index contributed by atoms with van der Waals surface area (Å²) in [6, 6.07) is 10.9. The van der Waals surface area contributed by atoms with Crippen LogP contribution in [-0.4, -0.2) is 57.7 Å². The minimum absolute atomic E-state index is 0.0334. The normalized spacial score (nSPS) is 19.4. The van der Waals surface area contributed by atoms with Crippen LogP contribution in [0.5, 0.6) is 5.75 Å². The van der Waals surface area contributed by atoms with Gasteiger partial charge in [0.05, 0.1) is 12.2 Å². The van der Waals surface area contributed by atoms with Gasteiger partial charge in [0.25, 0.3) is 11.8 Å². The molecule has 0 saturated heterocycles. The molecule has 1 saturated carbocycles. The number of halogens is 1. The van der Waals surface area contributed by atoms with Crippen molar-refractivity contribution in [3.05, 3.63) is 69.8 Å². The third-order valence-corrected chi connectivity index (χ3v) is 8.17. The van der Waals surface area contributed by atoms with Crippen LogP contribution in [0.4, 0.5) is 5.69 Å². The van der Waals surface area contributed by atoms with E-state index in [0.29, 0.717) is 58.8 Å². The molecule has 3 aliphatic rings. The molecule has 2 aliphatic heterocycles. The highest BCUT2D eigenvalue weighted by molar-refractivity contribution is 6.31. The van der Waals surface area contributed by atoms with Crippen LogP contribution in [0.25, 0.3) is 11.1 Å². The molecule has 0 spiro atoms. The SMILES string of the molecule is Cc1c2c(cc3nc(C4CC4)oc13)N(C)C(=O)[C@@H](N1CCc3c(nn(Cc4ccccc4)c3Cl)C1=O)CO2. The topological polar surface area (TPSA) is 93.7 Å². The van der Waals surface area contributed by atoms with Gasteiger partial charge in [-0.3, -0.25) is 9.59 Å². The number of aryl methyl sites for hydroxylation is 1. The standard InChI is InChI=1S/C28H26ClN5O4/c1-15-23-19(30-26(38-23)17-8-9-17)12-20-24(15)37-14-21(27(35)32(20)2)33-11-10-18-22(28(33)36)31-34(25(18)29)13-16-6-4-3-5-7-16/h3-7,12,17,21H,8-11,13-14H2,1-2H3/t21-/m0/s1. The number of anilines is 1. The molecule has 38 heavy (non-hydrogen) atoms. The summed E-state index contributed by atoms with van der Waals surface area (Å²) in [6.07, 6.45) is 2.68. The first-order valence-electron chi connectivity index (χ1n) is 12.8. The van der Waals surface area contributed by atoms with Gasteiger partial charge in [-0.2, -0.15) is 5.10 Å². The van der Waals surface area contributed by atoms with E-state index in [1.54, 1.807) is 21.5 Å². The van der Waals surface area contributed by atoms with Crippen LogP contribution >= 0.6 is 11.6 Å². The zero-order valence-electron chi connectivity index (χ0n) is 21.1. The first-order chi connectivity index (χ1) is 18.4. The van der Waals surface area contributed by atoms with Crippen molar-refractivity contribution in [2.45, 2.75) is 44.7 Å². The van der Waals surface area contributed by atoms with Crippen molar-refractivity contribution in [3.8, 4) is 5.75 Å². The number of hydrogen-bond acceptors (Lipinski definition) is 6. The summed E-state index contributed by atoms with van der Waals surface area (Å²) in [5.74, 6) is 1.17. The lowest BCUT2D eigenvalue weighted by Gasteiger charge is -2.33. The van der Waals surface area contributed by atoms with Gasteiger partial charge in [-0.15, -0.1) is 0 Å². The molecule has 4 aromatic rings. The van der Waals surface area contributed by atoms with Gasteiger partial charge in [0.2, 0.25) is 0 Å². The number of nitrogens with zero attached hydrogens (tertiary/aromatic N) is 5. The molecule has 0 unspecified atom stereocenters. The van der Waals surface area contributed by atoms with Gasteiger partial charge in [0, 0.05) is 30.6 Å². The molecule has 10 heteroatoms. The predicted octanol–water partition coefficient (Wildman–Crippen LogP) is 4.33. The lowest BCUT2D eigenvalue weighted by molar-refractivity contribution is -0.123. The first kappa shape index (κ1) is 23.3. The number of rotatable bonds is 4. The van der Waals surface area contributed by atoms with Crippen molar-refractivity contribution in [1.29, 1.82) is 0 Å². The molecule has 4 heterocycles. The Morgan fingerprint density at radius 1 is 1.16 bits per heavy atom. The second kappa shape index (κ2) is 8.59. The summed E-state index contributed by atoms with van der Waals surface area (Å²) < 4.78 is 13.9. The number of benzene rings is 2. The third kappa shape index (κ3) is 3.60. The second-order valence-corrected chi connectivity index (χ2v) is 10.6. The average molecular weight is 532 g/mol. The molecule has 0 bridgehead atoms. The van der Waals surface area contributed by atoms with Gasteiger partial charge >= 0.3 is 0 Å². The summed E-state index contributed by atoms with van der Waals surface area (Å²) >= 11 is 6.64. The fraction of sp³-hybridized carbons (Fsp3) is 0.357. The van der Waals surface area contributed by atoms with Crippen molar-refractivity contribution in [2.24, 2.45) is 0 Å². The Hall–Kier alpha value is -3.85. The van der Waals surface area contributed by atoms with E-state index in [2.05, 4.69) is 10.1 Å². The summed E-state index contributed by atoms with van der Waals surface area (Å²) in [5, 5.41) is 5.02. The molecular weight excluding hydrogens is 506 g/mol. The number of carbonyl (C=O) groups is 2. The molecule has 1 fully saturated rings. The number of hydrogen-bond donors (Lipinski definition) is 0. The highest BCUT2D eigenvalue weighted by Crippen LogP contribution is 2.44. The summed E-state index contributed by atoms with van der Waals surface area (Å²) in [4.78, 5) is 35.1. The Bertz CT molecular complexity index is 1610. The third-order valence-electron chi connectivity index (χ3n) is 7.75. The number of amides is 2. The van der Waals surface area contributed by atoms with Crippen LogP contribution in [0.2, 0.25) is 5.15 Å². The lowest BCUT2D eigenvalue weighted by atomic mass is 10.0. The molecule has 0 radical (unpaired) electrons. The molecule has 2 aromatic heterocycles. The monoisotopic (exact) mass is 531 g/mol. The second-order valence-electron chi connectivity index (χ2n) is 10.3. The van der Waals surface area contributed by atoms with Crippen LogP contribution in [-0.2, 0) is 17.8 Å². The Morgan fingerprint density at radius 2 is 1.95 bits per heavy atom. The summed E-state index contributed by atoms with van der Waals surface area (Å²) in [5.41, 5.74) is 4.86. The molecule has 2 amide bonds. The van der Waals surface area contributed by atoms with Crippen LogP contribution < -0.4 is 9.64 Å². The number of fused-ring (bicyclic) bond motifs is 3. The molecule has 1 aliphatic carbocycles. The average Bonchev–Trinajstić information content (AvgIpc) is 3.63. The molecule has 9 nitrogen and oxygen atoms in total. The number of carbonyl (C=O) groups excluding carboxylic acids is 2. The molecule has 0 N–H and O–H groups in total. The first-order valence-corrected chi connectivity index (χ1v) is 13.2.